The zero-order valence-electron chi connectivity index (χ0n) is 15.2. The van der Waals surface area contributed by atoms with Crippen molar-refractivity contribution in [3.63, 3.8) is 0 Å². The average molecular weight is 405 g/mol. The Morgan fingerprint density at radius 2 is 1.93 bits per heavy atom. The number of benzene rings is 2. The molecule has 0 bridgehead atoms. The van der Waals surface area contributed by atoms with Crippen molar-refractivity contribution in [2.75, 3.05) is 26.1 Å². The molecule has 3 aromatic rings. The first-order valence-corrected chi connectivity index (χ1v) is 9.98. The van der Waals surface area contributed by atoms with Crippen LogP contribution in [-0.4, -0.2) is 35.6 Å². The molecule has 0 aliphatic heterocycles. The Bertz CT molecular complexity index is 960. The molecule has 0 N–H and O–H groups in total. The molecule has 1 unspecified atom stereocenters. The van der Waals surface area contributed by atoms with Gasteiger partial charge >= 0.3 is 0 Å². The van der Waals surface area contributed by atoms with Crippen LogP contribution in [0.3, 0.4) is 0 Å². The fourth-order valence-corrected chi connectivity index (χ4v) is 3.80. The summed E-state index contributed by atoms with van der Waals surface area (Å²) in [5.74, 6) is 1.42. The predicted molar refractivity (Wildman–Crippen MR) is 110 cm³/mol. The highest BCUT2D eigenvalue weighted by molar-refractivity contribution is 7.99. The van der Waals surface area contributed by atoms with Crippen LogP contribution in [0.2, 0.25) is 5.02 Å². The van der Waals surface area contributed by atoms with Crippen LogP contribution in [0.25, 0.3) is 10.9 Å². The molecule has 0 aliphatic carbocycles. The maximum atomic E-state index is 13.0. The van der Waals surface area contributed by atoms with E-state index in [1.54, 1.807) is 29.9 Å². The number of halogens is 1. The van der Waals surface area contributed by atoms with Crippen LogP contribution in [0.15, 0.2) is 58.5 Å². The van der Waals surface area contributed by atoms with Gasteiger partial charge in [0.05, 0.1) is 30.2 Å². The largest absolute Gasteiger partial charge is 0.493 e. The Morgan fingerprint density at radius 1 is 1.19 bits per heavy atom. The Balaban J connectivity index is 1.78. The molecule has 7 heteroatoms. The molecule has 1 atom stereocenters. The molecular weight excluding hydrogens is 384 g/mol. The van der Waals surface area contributed by atoms with Crippen LogP contribution in [0.4, 0.5) is 0 Å². The molecule has 1 aromatic heterocycles. The summed E-state index contributed by atoms with van der Waals surface area (Å²) in [6.45, 7) is 2.89. The van der Waals surface area contributed by atoms with E-state index >= 15 is 0 Å². The molecule has 0 amide bonds. The number of fused-ring (bicyclic) bond motifs is 1. The Kier molecular flexibility index (Phi) is 6.77. The van der Waals surface area contributed by atoms with E-state index < -0.39 is 0 Å². The number of methoxy groups -OCH3 is 1. The van der Waals surface area contributed by atoms with E-state index in [2.05, 4.69) is 0 Å². The molecule has 0 aliphatic rings. The molecule has 1 heterocycles. The maximum absolute atomic E-state index is 13.0. The van der Waals surface area contributed by atoms with Gasteiger partial charge in [0.25, 0.3) is 5.56 Å². The molecule has 27 heavy (non-hydrogen) atoms. The topological polar surface area (TPSA) is 53.4 Å². The number of nitrogens with zero attached hydrogens (tertiary/aromatic N) is 2. The van der Waals surface area contributed by atoms with E-state index in [9.17, 15) is 4.79 Å². The summed E-state index contributed by atoms with van der Waals surface area (Å²) < 4.78 is 12.7. The van der Waals surface area contributed by atoms with E-state index in [1.165, 1.54) is 11.8 Å². The average Bonchev–Trinajstić information content (AvgIpc) is 2.67. The van der Waals surface area contributed by atoms with Crippen molar-refractivity contribution in [1.29, 1.82) is 0 Å². The minimum absolute atomic E-state index is 0.0498. The van der Waals surface area contributed by atoms with E-state index in [4.69, 9.17) is 26.1 Å². The van der Waals surface area contributed by atoms with E-state index in [0.29, 0.717) is 40.0 Å². The van der Waals surface area contributed by atoms with Gasteiger partial charge < -0.3 is 9.47 Å². The fourth-order valence-electron chi connectivity index (χ4n) is 2.76. The van der Waals surface area contributed by atoms with Crippen molar-refractivity contribution in [1.82, 2.24) is 9.55 Å². The predicted octanol–water partition coefficient (Wildman–Crippen LogP) is 4.43. The molecular formula is C20H21ClN2O3S. The molecule has 0 fully saturated rings. The first-order chi connectivity index (χ1) is 13.1. The lowest BCUT2D eigenvalue weighted by Gasteiger charge is -2.19. The van der Waals surface area contributed by atoms with Crippen LogP contribution in [0.5, 0.6) is 5.75 Å². The van der Waals surface area contributed by atoms with Gasteiger partial charge in [-0.3, -0.25) is 9.36 Å². The Labute approximate surface area is 167 Å². The van der Waals surface area contributed by atoms with Gasteiger partial charge in [0.1, 0.15) is 5.75 Å². The standard InChI is InChI=1S/C20H21ClN2O3S/c1-14(13-25-2)23-19(24)17-5-3-4-6-18(17)22-20(23)27-12-11-26-16-9-7-15(21)8-10-16/h3-10,14H,11-13H2,1-2H3. The van der Waals surface area contributed by atoms with Crippen molar-refractivity contribution >= 4 is 34.3 Å². The summed E-state index contributed by atoms with van der Waals surface area (Å²) in [5.41, 5.74) is 0.649. The van der Waals surface area contributed by atoms with Crippen molar-refractivity contribution in [2.24, 2.45) is 0 Å². The van der Waals surface area contributed by atoms with Crippen molar-refractivity contribution < 1.29 is 9.47 Å². The SMILES string of the molecule is COCC(C)n1c(SCCOc2ccc(Cl)cc2)nc2ccccc2c1=O. The van der Waals surface area contributed by atoms with Crippen LogP contribution < -0.4 is 10.3 Å². The molecule has 0 saturated heterocycles. The second-order valence-electron chi connectivity index (χ2n) is 6.04. The summed E-state index contributed by atoms with van der Waals surface area (Å²) >= 11 is 7.38. The van der Waals surface area contributed by atoms with Crippen molar-refractivity contribution in [2.45, 2.75) is 18.1 Å². The van der Waals surface area contributed by atoms with Gasteiger partial charge in [0, 0.05) is 17.9 Å². The normalized spacial score (nSPS) is 12.3. The van der Waals surface area contributed by atoms with E-state index in [0.717, 1.165) is 5.75 Å². The van der Waals surface area contributed by atoms with Gasteiger partial charge in [-0.25, -0.2) is 4.98 Å². The zero-order chi connectivity index (χ0) is 19.2. The van der Waals surface area contributed by atoms with Gasteiger partial charge in [-0.15, -0.1) is 0 Å². The second-order valence-corrected chi connectivity index (χ2v) is 7.54. The Morgan fingerprint density at radius 3 is 2.67 bits per heavy atom. The third-order valence-electron chi connectivity index (χ3n) is 4.02. The fraction of sp³-hybridized carbons (Fsp3) is 0.300. The highest BCUT2D eigenvalue weighted by Gasteiger charge is 2.16. The van der Waals surface area contributed by atoms with Crippen LogP contribution in [0.1, 0.15) is 13.0 Å². The monoisotopic (exact) mass is 404 g/mol. The lowest BCUT2D eigenvalue weighted by atomic mass is 10.2. The molecule has 5 nitrogen and oxygen atoms in total. The lowest BCUT2D eigenvalue weighted by molar-refractivity contribution is 0.156. The highest BCUT2D eigenvalue weighted by Crippen LogP contribution is 2.22. The second kappa shape index (κ2) is 9.26. The van der Waals surface area contributed by atoms with Crippen LogP contribution in [0, 0.1) is 0 Å². The number of ether oxygens (including phenoxy) is 2. The quantitative estimate of drug-likeness (QED) is 0.316. The van der Waals surface area contributed by atoms with E-state index in [1.807, 2.05) is 37.3 Å². The van der Waals surface area contributed by atoms with Gasteiger partial charge in [-0.05, 0) is 43.3 Å². The third-order valence-corrected chi connectivity index (χ3v) is 5.19. The van der Waals surface area contributed by atoms with Crippen molar-refractivity contribution in [3.8, 4) is 5.75 Å². The number of hydrogen-bond acceptors (Lipinski definition) is 5. The summed E-state index contributed by atoms with van der Waals surface area (Å²) in [6, 6.07) is 14.5. The number of hydrogen-bond donors (Lipinski definition) is 0. The number of thioether (sulfide) groups is 1. The first kappa shape index (κ1) is 19.7. The first-order valence-electron chi connectivity index (χ1n) is 8.61. The van der Waals surface area contributed by atoms with Gasteiger partial charge in [0.2, 0.25) is 0 Å². The zero-order valence-corrected chi connectivity index (χ0v) is 16.8. The molecule has 142 valence electrons. The number of aromatic nitrogens is 2. The summed E-state index contributed by atoms with van der Waals surface area (Å²) in [6.07, 6.45) is 0. The molecule has 3 rings (SSSR count). The maximum Gasteiger partial charge on any atom is 0.262 e. The van der Waals surface area contributed by atoms with Gasteiger partial charge in [0.15, 0.2) is 5.16 Å². The molecule has 0 saturated carbocycles. The van der Waals surface area contributed by atoms with Gasteiger partial charge in [-0.2, -0.15) is 0 Å². The number of rotatable bonds is 8. The van der Waals surface area contributed by atoms with Gasteiger partial charge in [-0.1, -0.05) is 35.5 Å². The summed E-state index contributed by atoms with van der Waals surface area (Å²) in [5, 5.41) is 1.96. The smallest absolute Gasteiger partial charge is 0.262 e. The molecule has 0 spiro atoms. The Hall–Kier alpha value is -2.02. The molecule has 0 radical (unpaired) electrons. The lowest BCUT2D eigenvalue weighted by Crippen LogP contribution is -2.28. The highest BCUT2D eigenvalue weighted by atomic mass is 35.5. The number of para-hydroxylation sites is 1. The van der Waals surface area contributed by atoms with Crippen LogP contribution in [-0.2, 0) is 4.74 Å². The summed E-state index contributed by atoms with van der Waals surface area (Å²) in [7, 11) is 1.63. The minimum Gasteiger partial charge on any atom is -0.493 e. The summed E-state index contributed by atoms with van der Waals surface area (Å²) in [4.78, 5) is 17.7. The van der Waals surface area contributed by atoms with Crippen LogP contribution >= 0.6 is 23.4 Å². The minimum atomic E-state index is -0.112. The van der Waals surface area contributed by atoms with E-state index in [-0.39, 0.29) is 11.6 Å². The third kappa shape index (κ3) is 4.83. The van der Waals surface area contributed by atoms with Crippen molar-refractivity contribution in [3.05, 3.63) is 63.9 Å². The molecule has 2 aromatic carbocycles.